The molecule has 0 atom stereocenters. The highest BCUT2D eigenvalue weighted by atomic mass is 16.2. The number of rotatable bonds is 2. The van der Waals surface area contributed by atoms with Gasteiger partial charge in [0.05, 0.1) is 32.7 Å². The second-order valence-electron chi connectivity index (χ2n) is 6.72. The van der Waals surface area contributed by atoms with E-state index in [0.29, 0.717) is 0 Å². The van der Waals surface area contributed by atoms with Gasteiger partial charge in [-0.15, -0.1) is 0 Å². The van der Waals surface area contributed by atoms with Crippen molar-refractivity contribution >= 4 is 5.91 Å². The Morgan fingerprint density at radius 1 is 1.15 bits per heavy atom. The zero-order valence-electron chi connectivity index (χ0n) is 13.2. The molecule has 1 saturated heterocycles. The maximum Gasteiger partial charge on any atom is 0.254 e. The van der Waals surface area contributed by atoms with E-state index in [1.54, 1.807) is 4.90 Å². The van der Waals surface area contributed by atoms with Crippen molar-refractivity contribution in [2.24, 2.45) is 0 Å². The van der Waals surface area contributed by atoms with Crippen LogP contribution in [0.1, 0.15) is 43.6 Å². The van der Waals surface area contributed by atoms with Crippen LogP contribution in [0.4, 0.5) is 0 Å². The summed E-state index contributed by atoms with van der Waals surface area (Å²) >= 11 is 0. The van der Waals surface area contributed by atoms with Gasteiger partial charge in [0.1, 0.15) is 0 Å². The number of nitrogens with zero attached hydrogens (tertiary/aromatic N) is 1. The summed E-state index contributed by atoms with van der Waals surface area (Å²) in [5, 5.41) is 0. The second-order valence-corrected chi connectivity index (χ2v) is 6.72. The molecule has 0 aliphatic carbocycles. The van der Waals surface area contributed by atoms with Crippen LogP contribution in [0.25, 0.3) is 0 Å². The normalized spacial score (nSPS) is 17.3. The summed E-state index contributed by atoms with van der Waals surface area (Å²) in [6, 6.07) is 8.12. The Balaban J connectivity index is 2.03. The van der Waals surface area contributed by atoms with Crippen LogP contribution >= 0.6 is 0 Å². The van der Waals surface area contributed by atoms with Crippen molar-refractivity contribution in [3.8, 4) is 0 Å². The Morgan fingerprint density at radius 3 is 2.15 bits per heavy atom. The molecule has 0 unspecified atom stereocenters. The fourth-order valence-corrected chi connectivity index (χ4v) is 2.67. The van der Waals surface area contributed by atoms with Crippen LogP contribution in [0.5, 0.6) is 0 Å². The first-order valence-electron chi connectivity index (χ1n) is 7.65. The molecule has 20 heavy (non-hydrogen) atoms. The highest BCUT2D eigenvalue weighted by Crippen LogP contribution is 2.22. The van der Waals surface area contributed by atoms with E-state index in [2.05, 4.69) is 39.8 Å². The maximum absolute atomic E-state index is 12.5. The van der Waals surface area contributed by atoms with Gasteiger partial charge >= 0.3 is 0 Å². The molecule has 0 bridgehead atoms. The first-order chi connectivity index (χ1) is 9.41. The number of carbonyl (C=O) groups is 1. The molecule has 3 nitrogen and oxygen atoms in total. The van der Waals surface area contributed by atoms with Crippen molar-refractivity contribution in [3.05, 3.63) is 35.4 Å². The van der Waals surface area contributed by atoms with Crippen molar-refractivity contribution in [2.75, 3.05) is 32.7 Å². The summed E-state index contributed by atoms with van der Waals surface area (Å²) in [6.07, 6.45) is 0. The molecule has 0 saturated carbocycles. The summed E-state index contributed by atoms with van der Waals surface area (Å²) in [5.41, 5.74) is 2.23. The predicted molar refractivity (Wildman–Crippen MR) is 82.3 cm³/mol. The monoisotopic (exact) mass is 275 g/mol. The summed E-state index contributed by atoms with van der Waals surface area (Å²) in [5.74, 6) is 0.181. The third-order valence-electron chi connectivity index (χ3n) is 4.26. The van der Waals surface area contributed by atoms with Crippen LogP contribution in [-0.4, -0.2) is 43.5 Å². The quantitative estimate of drug-likeness (QED) is 0.866. The number of hydrogen-bond donors (Lipinski definition) is 1. The molecule has 2 rings (SSSR count). The van der Waals surface area contributed by atoms with Gasteiger partial charge in [0.15, 0.2) is 0 Å². The molecule has 3 heteroatoms. The van der Waals surface area contributed by atoms with E-state index in [4.69, 9.17) is 0 Å². The van der Waals surface area contributed by atoms with E-state index in [1.165, 1.54) is 5.56 Å². The molecule has 0 radical (unpaired) electrons. The van der Waals surface area contributed by atoms with Crippen LogP contribution in [0.2, 0.25) is 0 Å². The zero-order valence-corrected chi connectivity index (χ0v) is 13.2. The first-order valence-corrected chi connectivity index (χ1v) is 7.65. The van der Waals surface area contributed by atoms with Crippen molar-refractivity contribution in [2.45, 2.75) is 33.1 Å². The standard InChI is InChI=1S/C17H26N2O/c1-5-18-10-12-19(13-11-18)16(20)14-6-8-15(9-7-14)17(2,3)4/h6-9H,5,10-13H2,1-4H3/p+1. The lowest BCUT2D eigenvalue weighted by molar-refractivity contribution is -0.902. The van der Waals surface area contributed by atoms with Crippen LogP contribution in [0, 0.1) is 0 Å². The highest BCUT2D eigenvalue weighted by Gasteiger charge is 2.23. The summed E-state index contributed by atoms with van der Waals surface area (Å²) in [6.45, 7) is 13.8. The third-order valence-corrected chi connectivity index (χ3v) is 4.26. The number of amides is 1. The molecular weight excluding hydrogens is 248 g/mol. The fourth-order valence-electron chi connectivity index (χ4n) is 2.67. The minimum absolute atomic E-state index is 0.137. The van der Waals surface area contributed by atoms with E-state index in [1.807, 2.05) is 17.0 Å². The lowest BCUT2D eigenvalue weighted by Crippen LogP contribution is -3.14. The minimum Gasteiger partial charge on any atom is -0.332 e. The zero-order chi connectivity index (χ0) is 14.8. The van der Waals surface area contributed by atoms with E-state index >= 15 is 0 Å². The topological polar surface area (TPSA) is 24.8 Å². The Morgan fingerprint density at radius 2 is 1.70 bits per heavy atom. The number of benzene rings is 1. The lowest BCUT2D eigenvalue weighted by Gasteiger charge is -2.31. The van der Waals surface area contributed by atoms with Crippen molar-refractivity contribution in [3.63, 3.8) is 0 Å². The predicted octanol–water partition coefficient (Wildman–Crippen LogP) is 1.34. The van der Waals surface area contributed by atoms with E-state index < -0.39 is 0 Å². The van der Waals surface area contributed by atoms with Crippen LogP contribution in [-0.2, 0) is 5.41 Å². The van der Waals surface area contributed by atoms with Gasteiger partial charge in [-0.25, -0.2) is 0 Å². The number of nitrogens with one attached hydrogen (secondary N) is 1. The molecule has 1 aliphatic rings. The third kappa shape index (κ3) is 3.40. The number of carbonyl (C=O) groups excluding carboxylic acids is 1. The van der Waals surface area contributed by atoms with Gasteiger partial charge in [-0.05, 0) is 30.0 Å². The Labute approximate surface area is 122 Å². The van der Waals surface area contributed by atoms with Gasteiger partial charge < -0.3 is 9.80 Å². The first kappa shape index (κ1) is 15.0. The number of quaternary nitrogens is 1. The average molecular weight is 275 g/mol. The molecule has 1 heterocycles. The Bertz CT molecular complexity index is 451. The Kier molecular flexibility index (Phi) is 4.48. The van der Waals surface area contributed by atoms with Gasteiger partial charge in [0.25, 0.3) is 5.91 Å². The van der Waals surface area contributed by atoms with E-state index in [0.717, 1.165) is 38.3 Å². The number of likely N-dealkylation sites (N-methyl/N-ethyl adjacent to an activating group) is 1. The summed E-state index contributed by atoms with van der Waals surface area (Å²) in [7, 11) is 0. The number of piperazine rings is 1. The van der Waals surface area contributed by atoms with Gasteiger partial charge in [0.2, 0.25) is 0 Å². The van der Waals surface area contributed by atoms with Gasteiger partial charge in [-0.1, -0.05) is 32.9 Å². The SMILES string of the molecule is CC[NH+]1CCN(C(=O)c2ccc(C(C)(C)C)cc2)CC1. The average Bonchev–Trinajstić information content (AvgIpc) is 2.46. The molecule has 0 spiro atoms. The molecule has 1 aromatic rings. The van der Waals surface area contributed by atoms with Crippen molar-refractivity contribution < 1.29 is 9.69 Å². The summed E-state index contributed by atoms with van der Waals surface area (Å²) in [4.78, 5) is 16.1. The molecule has 0 aromatic heterocycles. The molecule has 1 fully saturated rings. The van der Waals surface area contributed by atoms with Gasteiger partial charge in [0, 0.05) is 5.56 Å². The molecule has 1 aromatic carbocycles. The van der Waals surface area contributed by atoms with Crippen LogP contribution in [0.15, 0.2) is 24.3 Å². The molecule has 1 aliphatic heterocycles. The van der Waals surface area contributed by atoms with Crippen molar-refractivity contribution in [1.82, 2.24) is 4.90 Å². The van der Waals surface area contributed by atoms with Crippen molar-refractivity contribution in [1.29, 1.82) is 0 Å². The lowest BCUT2D eigenvalue weighted by atomic mass is 9.86. The number of hydrogen-bond acceptors (Lipinski definition) is 1. The second kappa shape index (κ2) is 5.96. The van der Waals surface area contributed by atoms with E-state index in [-0.39, 0.29) is 11.3 Å². The smallest absolute Gasteiger partial charge is 0.254 e. The van der Waals surface area contributed by atoms with E-state index in [9.17, 15) is 4.79 Å². The van der Waals surface area contributed by atoms with Crippen LogP contribution in [0.3, 0.4) is 0 Å². The maximum atomic E-state index is 12.5. The molecule has 1 N–H and O–H groups in total. The Hall–Kier alpha value is -1.35. The molecule has 1 amide bonds. The van der Waals surface area contributed by atoms with Crippen LogP contribution < -0.4 is 4.90 Å². The fraction of sp³-hybridized carbons (Fsp3) is 0.588. The van der Waals surface area contributed by atoms with Gasteiger partial charge in [-0.2, -0.15) is 0 Å². The highest BCUT2D eigenvalue weighted by molar-refractivity contribution is 5.94. The van der Waals surface area contributed by atoms with Gasteiger partial charge in [-0.3, -0.25) is 4.79 Å². The summed E-state index contributed by atoms with van der Waals surface area (Å²) < 4.78 is 0. The minimum atomic E-state index is 0.137. The molecule has 110 valence electrons. The largest absolute Gasteiger partial charge is 0.332 e. The molecular formula is C17H27N2O+.